The zero-order chi connectivity index (χ0) is 14.9. The summed E-state index contributed by atoms with van der Waals surface area (Å²) in [5.41, 5.74) is 2.86. The Morgan fingerprint density at radius 2 is 2.05 bits per heavy atom. The second kappa shape index (κ2) is 9.03. The Labute approximate surface area is 127 Å². The van der Waals surface area contributed by atoms with Crippen LogP contribution in [0.3, 0.4) is 0 Å². The molecule has 0 spiro atoms. The number of methoxy groups -OCH3 is 2. The first-order valence-corrected chi connectivity index (χ1v) is 7.82. The molecule has 118 valence electrons. The Morgan fingerprint density at radius 3 is 2.86 bits per heavy atom. The van der Waals surface area contributed by atoms with E-state index < -0.39 is 0 Å². The zero-order valence-electron chi connectivity index (χ0n) is 13.2. The molecule has 0 heterocycles. The number of benzene rings is 1. The summed E-state index contributed by atoms with van der Waals surface area (Å²) in [5, 5.41) is 3.66. The van der Waals surface area contributed by atoms with Crippen LogP contribution < -0.4 is 10.1 Å². The maximum Gasteiger partial charge on any atom is 0.119 e. The van der Waals surface area contributed by atoms with Crippen molar-refractivity contribution < 1.29 is 14.2 Å². The van der Waals surface area contributed by atoms with Gasteiger partial charge in [-0.2, -0.15) is 0 Å². The smallest absolute Gasteiger partial charge is 0.119 e. The van der Waals surface area contributed by atoms with E-state index >= 15 is 0 Å². The monoisotopic (exact) mass is 293 g/mol. The molecule has 0 fully saturated rings. The van der Waals surface area contributed by atoms with E-state index in [0.29, 0.717) is 19.3 Å². The average Bonchev–Trinajstić information content (AvgIpc) is 2.92. The maximum absolute atomic E-state index is 5.46. The van der Waals surface area contributed by atoms with Gasteiger partial charge in [0.05, 0.1) is 20.3 Å². The SMILES string of the molecule is COCCOCCCCNC1CCc2ccc(OC)cc21. The summed E-state index contributed by atoms with van der Waals surface area (Å²) in [6.07, 6.45) is 4.58. The molecule has 1 aliphatic rings. The number of hydrogen-bond acceptors (Lipinski definition) is 4. The first-order chi connectivity index (χ1) is 10.3. The van der Waals surface area contributed by atoms with Crippen LogP contribution in [0.1, 0.15) is 36.4 Å². The highest BCUT2D eigenvalue weighted by Gasteiger charge is 2.22. The van der Waals surface area contributed by atoms with Crippen LogP contribution in [-0.4, -0.2) is 40.6 Å². The van der Waals surface area contributed by atoms with E-state index in [-0.39, 0.29) is 0 Å². The molecule has 0 aromatic heterocycles. The largest absolute Gasteiger partial charge is 0.497 e. The molecule has 1 unspecified atom stereocenters. The van der Waals surface area contributed by atoms with Gasteiger partial charge in [0.1, 0.15) is 5.75 Å². The lowest BCUT2D eigenvalue weighted by Crippen LogP contribution is -2.20. The van der Waals surface area contributed by atoms with Crippen LogP contribution in [0.15, 0.2) is 18.2 Å². The molecular weight excluding hydrogens is 266 g/mol. The Hall–Kier alpha value is -1.10. The van der Waals surface area contributed by atoms with E-state index in [1.54, 1.807) is 14.2 Å². The second-order valence-corrected chi connectivity index (χ2v) is 5.42. The van der Waals surface area contributed by atoms with Crippen molar-refractivity contribution in [3.05, 3.63) is 29.3 Å². The Morgan fingerprint density at radius 1 is 1.14 bits per heavy atom. The Bertz CT molecular complexity index is 422. The highest BCUT2D eigenvalue weighted by molar-refractivity contribution is 5.40. The summed E-state index contributed by atoms with van der Waals surface area (Å²) < 4.78 is 15.7. The predicted octanol–water partition coefficient (Wildman–Crippen LogP) is 2.72. The van der Waals surface area contributed by atoms with Gasteiger partial charge in [0.2, 0.25) is 0 Å². The van der Waals surface area contributed by atoms with Gasteiger partial charge in [0.15, 0.2) is 0 Å². The third-order valence-corrected chi connectivity index (χ3v) is 3.97. The van der Waals surface area contributed by atoms with Gasteiger partial charge in [0.25, 0.3) is 0 Å². The normalized spacial score (nSPS) is 17.0. The number of nitrogens with one attached hydrogen (secondary N) is 1. The molecule has 0 saturated heterocycles. The van der Waals surface area contributed by atoms with Gasteiger partial charge in [-0.1, -0.05) is 6.07 Å². The summed E-state index contributed by atoms with van der Waals surface area (Å²) >= 11 is 0. The van der Waals surface area contributed by atoms with E-state index in [2.05, 4.69) is 23.5 Å². The number of hydrogen-bond donors (Lipinski definition) is 1. The molecule has 1 atom stereocenters. The minimum atomic E-state index is 0.476. The summed E-state index contributed by atoms with van der Waals surface area (Å²) in [5.74, 6) is 0.953. The fraction of sp³-hybridized carbons (Fsp3) is 0.647. The molecular formula is C17H27NO3. The van der Waals surface area contributed by atoms with Crippen molar-refractivity contribution in [3.63, 3.8) is 0 Å². The number of rotatable bonds is 10. The van der Waals surface area contributed by atoms with Crippen LogP contribution >= 0.6 is 0 Å². The number of aryl methyl sites for hydroxylation is 1. The molecule has 4 nitrogen and oxygen atoms in total. The molecule has 1 aromatic rings. The molecule has 21 heavy (non-hydrogen) atoms. The zero-order valence-corrected chi connectivity index (χ0v) is 13.2. The van der Waals surface area contributed by atoms with Gasteiger partial charge in [-0.3, -0.25) is 0 Å². The van der Waals surface area contributed by atoms with E-state index in [1.807, 2.05) is 0 Å². The van der Waals surface area contributed by atoms with Crippen LogP contribution in [0, 0.1) is 0 Å². The van der Waals surface area contributed by atoms with Gasteiger partial charge >= 0.3 is 0 Å². The molecule has 0 amide bonds. The summed E-state index contributed by atoms with van der Waals surface area (Å²) in [6, 6.07) is 6.90. The Balaban J connectivity index is 1.65. The summed E-state index contributed by atoms with van der Waals surface area (Å²) in [6.45, 7) is 3.23. The van der Waals surface area contributed by atoms with Crippen LogP contribution in [-0.2, 0) is 15.9 Å². The van der Waals surface area contributed by atoms with Crippen molar-refractivity contribution in [1.82, 2.24) is 5.32 Å². The molecule has 1 N–H and O–H groups in total. The number of unbranched alkanes of at least 4 members (excludes halogenated alkanes) is 1. The van der Waals surface area contributed by atoms with Crippen molar-refractivity contribution in [2.75, 3.05) is 40.6 Å². The average molecular weight is 293 g/mol. The first kappa shape index (κ1) is 16.3. The van der Waals surface area contributed by atoms with E-state index in [4.69, 9.17) is 14.2 Å². The number of fused-ring (bicyclic) bond motifs is 1. The molecule has 0 bridgehead atoms. The van der Waals surface area contributed by atoms with Crippen molar-refractivity contribution >= 4 is 0 Å². The Kier molecular flexibility index (Phi) is 7.00. The van der Waals surface area contributed by atoms with Crippen LogP contribution in [0.5, 0.6) is 5.75 Å². The maximum atomic E-state index is 5.46. The predicted molar refractivity (Wildman–Crippen MR) is 84.0 cm³/mol. The molecule has 0 saturated carbocycles. The topological polar surface area (TPSA) is 39.7 Å². The highest BCUT2D eigenvalue weighted by atomic mass is 16.5. The van der Waals surface area contributed by atoms with Crippen molar-refractivity contribution in [1.29, 1.82) is 0 Å². The minimum absolute atomic E-state index is 0.476. The molecule has 4 heteroatoms. The lowest BCUT2D eigenvalue weighted by Gasteiger charge is -2.14. The van der Waals surface area contributed by atoms with Gasteiger partial charge in [-0.05, 0) is 55.5 Å². The fourth-order valence-corrected chi connectivity index (χ4v) is 2.77. The van der Waals surface area contributed by atoms with Gasteiger partial charge in [-0.25, -0.2) is 0 Å². The quantitative estimate of drug-likeness (QED) is 0.673. The molecule has 0 radical (unpaired) electrons. The van der Waals surface area contributed by atoms with E-state index in [9.17, 15) is 0 Å². The fourth-order valence-electron chi connectivity index (χ4n) is 2.77. The standard InChI is InChI=1S/C17H27NO3/c1-19-11-12-21-10-4-3-9-18-17-8-6-14-5-7-15(20-2)13-16(14)17/h5,7,13,17-18H,3-4,6,8-12H2,1-2H3. The summed E-state index contributed by atoms with van der Waals surface area (Å²) in [7, 11) is 3.42. The second-order valence-electron chi connectivity index (χ2n) is 5.42. The third-order valence-electron chi connectivity index (χ3n) is 3.97. The van der Waals surface area contributed by atoms with Crippen molar-refractivity contribution in [3.8, 4) is 5.75 Å². The van der Waals surface area contributed by atoms with Crippen molar-refractivity contribution in [2.24, 2.45) is 0 Å². The highest BCUT2D eigenvalue weighted by Crippen LogP contribution is 2.33. The van der Waals surface area contributed by atoms with Crippen LogP contribution in [0.2, 0.25) is 0 Å². The van der Waals surface area contributed by atoms with Gasteiger partial charge in [-0.15, -0.1) is 0 Å². The van der Waals surface area contributed by atoms with Gasteiger partial charge < -0.3 is 19.5 Å². The lowest BCUT2D eigenvalue weighted by atomic mass is 10.1. The van der Waals surface area contributed by atoms with E-state index in [1.165, 1.54) is 17.5 Å². The lowest BCUT2D eigenvalue weighted by molar-refractivity contribution is 0.0687. The van der Waals surface area contributed by atoms with Gasteiger partial charge in [0, 0.05) is 19.8 Å². The van der Waals surface area contributed by atoms with Crippen LogP contribution in [0.25, 0.3) is 0 Å². The van der Waals surface area contributed by atoms with E-state index in [0.717, 1.165) is 38.2 Å². The number of ether oxygens (including phenoxy) is 3. The third kappa shape index (κ3) is 4.99. The summed E-state index contributed by atoms with van der Waals surface area (Å²) in [4.78, 5) is 0. The molecule has 1 aliphatic carbocycles. The first-order valence-electron chi connectivity index (χ1n) is 7.82. The minimum Gasteiger partial charge on any atom is -0.497 e. The molecule has 0 aliphatic heterocycles. The molecule has 2 rings (SSSR count). The van der Waals surface area contributed by atoms with Crippen LogP contribution in [0.4, 0.5) is 0 Å². The van der Waals surface area contributed by atoms with Crippen molar-refractivity contribution in [2.45, 2.75) is 31.7 Å². The molecule has 1 aromatic carbocycles.